The van der Waals surface area contributed by atoms with E-state index in [4.69, 9.17) is 5.73 Å². The second kappa shape index (κ2) is 12.1. The minimum absolute atomic E-state index is 0.0150. The zero-order valence-electron chi connectivity index (χ0n) is 22.9. The number of unbranched alkanes of at least 4 members (excludes halogenated alkanes) is 1. The quantitative estimate of drug-likeness (QED) is 0.315. The molecule has 198 valence electrons. The van der Waals surface area contributed by atoms with Crippen LogP contribution in [0.25, 0.3) is 0 Å². The van der Waals surface area contributed by atoms with Crippen LogP contribution in [0.5, 0.6) is 0 Å². The normalized spacial score (nSPS) is 35.9. The SMILES string of the molecule is CC(C)CC(N)C(=O)NC(CCCCC12CCC(C)CC1(C1CCCNCC1O)CC2)C(C)C. The Bertz CT molecular complexity index is 653. The number of aliphatic hydroxyl groups excluding tert-OH is 1. The molecule has 1 heterocycles. The van der Waals surface area contributed by atoms with E-state index < -0.39 is 6.04 Å². The summed E-state index contributed by atoms with van der Waals surface area (Å²) in [5.74, 6) is 2.11. The van der Waals surface area contributed by atoms with Crippen LogP contribution in [0, 0.1) is 34.5 Å². The fraction of sp³-hybridized carbons (Fsp3) is 0.966. The van der Waals surface area contributed by atoms with Crippen molar-refractivity contribution in [2.24, 2.45) is 40.2 Å². The second-order valence-corrected chi connectivity index (χ2v) is 13.1. The molecule has 7 atom stereocenters. The van der Waals surface area contributed by atoms with Gasteiger partial charge in [0, 0.05) is 12.6 Å². The number of carbonyl (C=O) groups excluding carboxylic acids is 1. The largest absolute Gasteiger partial charge is 0.391 e. The van der Waals surface area contributed by atoms with E-state index in [0.29, 0.717) is 28.6 Å². The summed E-state index contributed by atoms with van der Waals surface area (Å²) in [7, 11) is 0. The number of fused-ring (bicyclic) bond motifs is 1. The zero-order valence-corrected chi connectivity index (χ0v) is 22.9. The van der Waals surface area contributed by atoms with Gasteiger partial charge in [-0.1, -0.05) is 53.9 Å². The maximum atomic E-state index is 12.6. The third-order valence-corrected chi connectivity index (χ3v) is 9.95. The number of amides is 1. The summed E-state index contributed by atoms with van der Waals surface area (Å²) in [4.78, 5) is 12.6. The van der Waals surface area contributed by atoms with Crippen molar-refractivity contribution in [3.8, 4) is 0 Å². The van der Waals surface area contributed by atoms with Gasteiger partial charge in [-0.3, -0.25) is 4.79 Å². The van der Waals surface area contributed by atoms with Gasteiger partial charge in [0.25, 0.3) is 0 Å². The summed E-state index contributed by atoms with van der Waals surface area (Å²) < 4.78 is 0. The van der Waals surface area contributed by atoms with Gasteiger partial charge < -0.3 is 21.5 Å². The number of β-amino-alcohol motifs (C(OH)–C–C–N with tert-alkyl or cyclic N) is 1. The summed E-state index contributed by atoms with van der Waals surface area (Å²) >= 11 is 0. The van der Waals surface area contributed by atoms with Gasteiger partial charge in [-0.05, 0) is 98.8 Å². The predicted molar refractivity (Wildman–Crippen MR) is 141 cm³/mol. The van der Waals surface area contributed by atoms with Gasteiger partial charge in [-0.25, -0.2) is 0 Å². The van der Waals surface area contributed by atoms with Crippen LogP contribution in [-0.4, -0.2) is 42.3 Å². The number of aliphatic hydroxyl groups is 1. The minimum Gasteiger partial charge on any atom is -0.391 e. The average Bonchev–Trinajstić information content (AvgIpc) is 2.98. The molecule has 3 rings (SSSR count). The Morgan fingerprint density at radius 2 is 1.91 bits per heavy atom. The average molecular weight is 478 g/mol. The van der Waals surface area contributed by atoms with Gasteiger partial charge >= 0.3 is 0 Å². The molecule has 34 heavy (non-hydrogen) atoms. The molecule has 3 fully saturated rings. The molecule has 0 aromatic rings. The van der Waals surface area contributed by atoms with E-state index in [9.17, 15) is 9.90 Å². The monoisotopic (exact) mass is 477 g/mol. The molecule has 2 aliphatic carbocycles. The molecule has 1 aliphatic heterocycles. The van der Waals surface area contributed by atoms with Crippen molar-refractivity contribution in [1.82, 2.24) is 10.6 Å². The lowest BCUT2D eigenvalue weighted by Gasteiger charge is -2.68. The van der Waals surface area contributed by atoms with Crippen molar-refractivity contribution in [2.45, 2.75) is 130 Å². The zero-order chi connectivity index (χ0) is 24.9. The number of carbonyl (C=O) groups is 1. The molecular weight excluding hydrogens is 422 g/mol. The topological polar surface area (TPSA) is 87.4 Å². The molecule has 5 heteroatoms. The Morgan fingerprint density at radius 1 is 1.15 bits per heavy atom. The maximum absolute atomic E-state index is 12.6. The van der Waals surface area contributed by atoms with Gasteiger partial charge in [-0.2, -0.15) is 0 Å². The van der Waals surface area contributed by atoms with Crippen molar-refractivity contribution in [1.29, 1.82) is 0 Å². The lowest BCUT2D eigenvalue weighted by molar-refractivity contribution is -0.196. The lowest BCUT2D eigenvalue weighted by atomic mass is 9.37. The second-order valence-electron chi connectivity index (χ2n) is 13.1. The number of hydrogen-bond donors (Lipinski definition) is 4. The fourth-order valence-corrected chi connectivity index (χ4v) is 7.95. The van der Waals surface area contributed by atoms with Gasteiger partial charge in [-0.15, -0.1) is 0 Å². The molecular formula is C29H55N3O2. The van der Waals surface area contributed by atoms with Gasteiger partial charge in [0.2, 0.25) is 5.91 Å². The minimum atomic E-state index is -0.402. The van der Waals surface area contributed by atoms with E-state index >= 15 is 0 Å². The molecule has 0 radical (unpaired) electrons. The number of nitrogens with one attached hydrogen (secondary N) is 2. The van der Waals surface area contributed by atoms with E-state index in [1.54, 1.807) is 0 Å². The molecule has 0 aromatic heterocycles. The highest BCUT2D eigenvalue weighted by molar-refractivity contribution is 5.81. The molecule has 0 bridgehead atoms. The van der Waals surface area contributed by atoms with Crippen LogP contribution in [0.3, 0.4) is 0 Å². The Kier molecular flexibility index (Phi) is 9.91. The van der Waals surface area contributed by atoms with E-state index in [1.807, 2.05) is 0 Å². The number of hydrogen-bond acceptors (Lipinski definition) is 4. The summed E-state index contributed by atoms with van der Waals surface area (Å²) in [6, 6.07) is -0.198. The van der Waals surface area contributed by atoms with Crippen molar-refractivity contribution >= 4 is 5.91 Å². The standard InChI is InChI=1S/C29H55N3O2/c1-20(2)17-24(30)27(34)32-25(21(3)4)10-6-7-12-28-13-11-22(5)18-29(28,15-14-28)23-9-8-16-31-19-26(23)33/h20-26,31,33H,6-19,30H2,1-5H3,(H,32,34). The Labute approximate surface area is 209 Å². The maximum Gasteiger partial charge on any atom is 0.237 e. The highest BCUT2D eigenvalue weighted by Gasteiger charge is 2.63. The van der Waals surface area contributed by atoms with Crippen LogP contribution < -0.4 is 16.4 Å². The van der Waals surface area contributed by atoms with Gasteiger partial charge in [0.15, 0.2) is 0 Å². The highest BCUT2D eigenvalue weighted by Crippen LogP contribution is 2.71. The molecule has 5 nitrogen and oxygen atoms in total. The molecule has 2 saturated carbocycles. The molecule has 1 amide bonds. The van der Waals surface area contributed by atoms with Gasteiger partial charge in [0.05, 0.1) is 12.1 Å². The predicted octanol–water partition coefficient (Wildman–Crippen LogP) is 5.01. The van der Waals surface area contributed by atoms with Gasteiger partial charge in [0.1, 0.15) is 0 Å². The fourth-order valence-electron chi connectivity index (χ4n) is 7.95. The van der Waals surface area contributed by atoms with E-state index in [-0.39, 0.29) is 18.1 Å². The first kappa shape index (κ1) is 27.9. The van der Waals surface area contributed by atoms with Crippen LogP contribution in [0.15, 0.2) is 0 Å². The molecule has 0 spiro atoms. The Balaban J connectivity index is 1.58. The third kappa shape index (κ3) is 6.18. The first-order valence-electron chi connectivity index (χ1n) is 14.5. The van der Waals surface area contributed by atoms with Crippen LogP contribution in [0.4, 0.5) is 0 Å². The summed E-state index contributed by atoms with van der Waals surface area (Å²) in [5, 5.41) is 17.8. The molecule has 1 saturated heterocycles. The Hall–Kier alpha value is -0.650. The van der Waals surface area contributed by atoms with Crippen LogP contribution >= 0.6 is 0 Å². The van der Waals surface area contributed by atoms with Crippen molar-refractivity contribution in [3.05, 3.63) is 0 Å². The first-order valence-corrected chi connectivity index (χ1v) is 14.5. The Morgan fingerprint density at radius 3 is 2.56 bits per heavy atom. The van der Waals surface area contributed by atoms with E-state index in [2.05, 4.69) is 45.3 Å². The molecule has 7 unspecified atom stereocenters. The summed E-state index contributed by atoms with van der Waals surface area (Å²) in [5.41, 5.74) is 6.93. The third-order valence-electron chi connectivity index (χ3n) is 9.95. The smallest absolute Gasteiger partial charge is 0.237 e. The van der Waals surface area contributed by atoms with Crippen molar-refractivity contribution < 1.29 is 9.90 Å². The van der Waals surface area contributed by atoms with Crippen LogP contribution in [0.1, 0.15) is 112 Å². The van der Waals surface area contributed by atoms with Crippen LogP contribution in [-0.2, 0) is 4.79 Å². The highest BCUT2D eigenvalue weighted by atomic mass is 16.3. The van der Waals surface area contributed by atoms with Crippen molar-refractivity contribution in [3.63, 3.8) is 0 Å². The number of nitrogens with two attached hydrogens (primary N) is 1. The lowest BCUT2D eigenvalue weighted by Crippen LogP contribution is -2.61. The summed E-state index contributed by atoms with van der Waals surface area (Å²) in [6.07, 6.45) is 14.3. The number of rotatable bonds is 11. The van der Waals surface area contributed by atoms with Crippen LogP contribution in [0.2, 0.25) is 0 Å². The molecule has 3 aliphatic rings. The van der Waals surface area contributed by atoms with Crippen molar-refractivity contribution in [2.75, 3.05) is 13.1 Å². The molecule has 0 aromatic carbocycles. The van der Waals surface area contributed by atoms with E-state index in [0.717, 1.165) is 38.3 Å². The van der Waals surface area contributed by atoms with E-state index in [1.165, 1.54) is 57.8 Å². The summed E-state index contributed by atoms with van der Waals surface area (Å²) in [6.45, 7) is 12.9. The molecule has 5 N–H and O–H groups in total. The first-order chi connectivity index (χ1) is 16.1.